The number of nitrogens with zero attached hydrogens (tertiary/aromatic N) is 2. The van der Waals surface area contributed by atoms with E-state index in [-0.39, 0.29) is 6.03 Å². The van der Waals surface area contributed by atoms with E-state index in [0.29, 0.717) is 17.3 Å². The lowest BCUT2D eigenvalue weighted by molar-refractivity contribution is 0.122. The molecule has 1 N–H and O–H groups in total. The first kappa shape index (κ1) is 17.6. The first-order valence-corrected chi connectivity index (χ1v) is 8.69. The molecule has 1 aliphatic heterocycles. The SMILES string of the molecule is CN(Cc1ccc(N2CCOCC2)cc1)C(=O)Nc1cccc(Cl)c1. The second kappa shape index (κ2) is 8.23. The van der Waals surface area contributed by atoms with Crippen LogP contribution in [0.5, 0.6) is 0 Å². The maximum atomic E-state index is 12.3. The lowest BCUT2D eigenvalue weighted by Crippen LogP contribution is -2.36. The summed E-state index contributed by atoms with van der Waals surface area (Å²) in [5, 5.41) is 3.44. The highest BCUT2D eigenvalue weighted by Crippen LogP contribution is 2.18. The lowest BCUT2D eigenvalue weighted by Gasteiger charge is -2.29. The molecule has 1 aliphatic rings. The van der Waals surface area contributed by atoms with Crippen LogP contribution < -0.4 is 10.2 Å². The zero-order valence-corrected chi connectivity index (χ0v) is 15.0. The fourth-order valence-electron chi connectivity index (χ4n) is 2.76. The summed E-state index contributed by atoms with van der Waals surface area (Å²) >= 11 is 5.94. The van der Waals surface area contributed by atoms with E-state index in [2.05, 4.69) is 34.5 Å². The number of morpholine rings is 1. The topological polar surface area (TPSA) is 44.8 Å². The van der Waals surface area contributed by atoms with Gasteiger partial charge in [-0.1, -0.05) is 29.8 Å². The maximum absolute atomic E-state index is 12.3. The molecule has 1 heterocycles. The van der Waals surface area contributed by atoms with Gasteiger partial charge >= 0.3 is 6.03 Å². The summed E-state index contributed by atoms with van der Waals surface area (Å²) in [6.07, 6.45) is 0. The van der Waals surface area contributed by atoms with Gasteiger partial charge in [-0.3, -0.25) is 0 Å². The summed E-state index contributed by atoms with van der Waals surface area (Å²) < 4.78 is 5.38. The number of hydrogen-bond donors (Lipinski definition) is 1. The summed E-state index contributed by atoms with van der Waals surface area (Å²) in [4.78, 5) is 16.2. The molecule has 0 unspecified atom stereocenters. The summed E-state index contributed by atoms with van der Waals surface area (Å²) in [6, 6.07) is 15.3. The molecule has 5 nitrogen and oxygen atoms in total. The van der Waals surface area contributed by atoms with Crippen molar-refractivity contribution in [1.29, 1.82) is 0 Å². The lowest BCUT2D eigenvalue weighted by atomic mass is 10.2. The second-order valence-electron chi connectivity index (χ2n) is 6.06. The van der Waals surface area contributed by atoms with Gasteiger partial charge in [-0.05, 0) is 35.9 Å². The van der Waals surface area contributed by atoms with Gasteiger partial charge in [0.05, 0.1) is 13.2 Å². The van der Waals surface area contributed by atoms with Crippen LogP contribution in [-0.4, -0.2) is 44.3 Å². The van der Waals surface area contributed by atoms with Crippen LogP contribution in [-0.2, 0) is 11.3 Å². The number of rotatable bonds is 4. The number of halogens is 1. The number of urea groups is 1. The van der Waals surface area contributed by atoms with Crippen LogP contribution in [0.2, 0.25) is 5.02 Å². The third-order valence-corrected chi connectivity index (χ3v) is 4.39. The van der Waals surface area contributed by atoms with E-state index in [1.807, 2.05) is 12.1 Å². The molecule has 0 atom stereocenters. The van der Waals surface area contributed by atoms with E-state index in [1.54, 1.807) is 24.1 Å². The van der Waals surface area contributed by atoms with Crippen LogP contribution in [0.15, 0.2) is 48.5 Å². The zero-order valence-electron chi connectivity index (χ0n) is 14.2. The van der Waals surface area contributed by atoms with Crippen LogP contribution in [0, 0.1) is 0 Å². The molecule has 2 aromatic rings. The van der Waals surface area contributed by atoms with E-state index in [0.717, 1.165) is 31.9 Å². The third kappa shape index (κ3) is 4.87. The van der Waals surface area contributed by atoms with Gasteiger partial charge < -0.3 is 19.9 Å². The van der Waals surface area contributed by atoms with E-state index in [4.69, 9.17) is 16.3 Å². The van der Waals surface area contributed by atoms with Crippen molar-refractivity contribution in [2.45, 2.75) is 6.54 Å². The minimum atomic E-state index is -0.167. The molecule has 0 spiro atoms. The van der Waals surface area contributed by atoms with Crippen molar-refractivity contribution < 1.29 is 9.53 Å². The van der Waals surface area contributed by atoms with E-state index in [1.165, 1.54) is 5.69 Å². The predicted octanol–water partition coefficient (Wildman–Crippen LogP) is 3.84. The highest BCUT2D eigenvalue weighted by Gasteiger charge is 2.12. The Bertz CT molecular complexity index is 715. The first-order chi connectivity index (χ1) is 12.1. The minimum absolute atomic E-state index is 0.167. The summed E-state index contributed by atoms with van der Waals surface area (Å²) in [6.45, 7) is 3.92. The van der Waals surface area contributed by atoms with Crippen molar-refractivity contribution in [3.05, 3.63) is 59.1 Å². The number of nitrogens with one attached hydrogen (secondary N) is 1. The Labute approximate surface area is 153 Å². The Kier molecular flexibility index (Phi) is 5.79. The van der Waals surface area contributed by atoms with Crippen molar-refractivity contribution >= 4 is 29.0 Å². The molecular weight excluding hydrogens is 338 g/mol. The second-order valence-corrected chi connectivity index (χ2v) is 6.50. The molecule has 25 heavy (non-hydrogen) atoms. The van der Waals surface area contributed by atoms with Gasteiger partial charge in [0.25, 0.3) is 0 Å². The summed E-state index contributed by atoms with van der Waals surface area (Å²) in [7, 11) is 1.77. The number of carbonyl (C=O) groups excluding carboxylic acids is 1. The Morgan fingerprint density at radius 1 is 1.20 bits per heavy atom. The molecule has 132 valence electrons. The summed E-state index contributed by atoms with van der Waals surface area (Å²) in [5.74, 6) is 0. The highest BCUT2D eigenvalue weighted by atomic mass is 35.5. The van der Waals surface area contributed by atoms with Crippen molar-refractivity contribution in [2.75, 3.05) is 43.6 Å². The Morgan fingerprint density at radius 2 is 1.92 bits per heavy atom. The van der Waals surface area contributed by atoms with Crippen molar-refractivity contribution in [1.82, 2.24) is 4.90 Å². The largest absolute Gasteiger partial charge is 0.378 e. The molecule has 6 heteroatoms. The Balaban J connectivity index is 1.56. The monoisotopic (exact) mass is 359 g/mol. The number of ether oxygens (including phenoxy) is 1. The molecule has 0 saturated carbocycles. The molecule has 3 rings (SSSR count). The first-order valence-electron chi connectivity index (χ1n) is 8.31. The van der Waals surface area contributed by atoms with Crippen molar-refractivity contribution in [2.24, 2.45) is 0 Å². The molecule has 0 bridgehead atoms. The Morgan fingerprint density at radius 3 is 2.60 bits per heavy atom. The quantitative estimate of drug-likeness (QED) is 0.902. The molecule has 2 amide bonds. The van der Waals surface area contributed by atoms with Gasteiger partial charge in [-0.2, -0.15) is 0 Å². The summed E-state index contributed by atoms with van der Waals surface area (Å²) in [5.41, 5.74) is 2.96. The molecule has 1 fully saturated rings. The number of benzene rings is 2. The molecule has 2 aromatic carbocycles. The average molecular weight is 360 g/mol. The fraction of sp³-hybridized carbons (Fsp3) is 0.316. The molecular formula is C19H22ClN3O2. The maximum Gasteiger partial charge on any atom is 0.321 e. The van der Waals surface area contributed by atoms with Gasteiger partial charge in [0.1, 0.15) is 0 Å². The molecule has 1 saturated heterocycles. The van der Waals surface area contributed by atoms with E-state index < -0.39 is 0 Å². The van der Waals surface area contributed by atoms with Gasteiger partial charge in [-0.25, -0.2) is 4.79 Å². The van der Waals surface area contributed by atoms with Gasteiger partial charge in [0.15, 0.2) is 0 Å². The van der Waals surface area contributed by atoms with Gasteiger partial charge in [0, 0.05) is 43.1 Å². The fourth-order valence-corrected chi connectivity index (χ4v) is 2.95. The van der Waals surface area contributed by atoms with Crippen molar-refractivity contribution in [3.8, 4) is 0 Å². The average Bonchev–Trinajstić information content (AvgIpc) is 2.63. The predicted molar refractivity (Wildman–Crippen MR) is 101 cm³/mol. The van der Waals surface area contributed by atoms with Crippen LogP contribution in [0.3, 0.4) is 0 Å². The van der Waals surface area contributed by atoms with Crippen molar-refractivity contribution in [3.63, 3.8) is 0 Å². The molecule has 0 aromatic heterocycles. The van der Waals surface area contributed by atoms with Gasteiger partial charge in [0.2, 0.25) is 0 Å². The number of hydrogen-bond acceptors (Lipinski definition) is 3. The smallest absolute Gasteiger partial charge is 0.321 e. The zero-order chi connectivity index (χ0) is 17.6. The Hall–Kier alpha value is -2.24. The number of anilines is 2. The van der Waals surface area contributed by atoms with Crippen LogP contribution in [0.25, 0.3) is 0 Å². The normalized spacial score (nSPS) is 14.2. The standard InChI is InChI=1S/C19H22ClN3O2/c1-22(19(24)21-17-4-2-3-16(20)13-17)14-15-5-7-18(8-6-15)23-9-11-25-12-10-23/h2-8,13H,9-12,14H2,1H3,(H,21,24). The van der Waals surface area contributed by atoms with E-state index >= 15 is 0 Å². The molecule has 0 radical (unpaired) electrons. The number of amides is 2. The van der Waals surface area contributed by atoms with E-state index in [9.17, 15) is 4.79 Å². The third-order valence-electron chi connectivity index (χ3n) is 4.15. The highest BCUT2D eigenvalue weighted by molar-refractivity contribution is 6.30. The van der Waals surface area contributed by atoms with Crippen LogP contribution in [0.1, 0.15) is 5.56 Å². The van der Waals surface area contributed by atoms with Crippen LogP contribution in [0.4, 0.5) is 16.2 Å². The number of carbonyl (C=O) groups is 1. The van der Waals surface area contributed by atoms with Gasteiger partial charge in [-0.15, -0.1) is 0 Å². The van der Waals surface area contributed by atoms with Crippen LogP contribution >= 0.6 is 11.6 Å². The molecule has 0 aliphatic carbocycles. The minimum Gasteiger partial charge on any atom is -0.378 e.